The first-order chi connectivity index (χ1) is 7.31. The Morgan fingerprint density at radius 1 is 1.27 bits per heavy atom. The van der Waals surface area contributed by atoms with E-state index < -0.39 is 0 Å². The molecule has 0 aliphatic carbocycles. The van der Waals surface area contributed by atoms with Gasteiger partial charge in [0, 0.05) is 30.5 Å². The van der Waals surface area contributed by atoms with Gasteiger partial charge in [-0.15, -0.1) is 0 Å². The van der Waals surface area contributed by atoms with Crippen molar-refractivity contribution in [1.82, 2.24) is 0 Å². The second-order valence-electron chi connectivity index (χ2n) is 3.84. The van der Waals surface area contributed by atoms with Crippen molar-refractivity contribution in [1.29, 1.82) is 0 Å². The molecule has 0 amide bonds. The molecule has 0 radical (unpaired) electrons. The van der Waals surface area contributed by atoms with Gasteiger partial charge in [0.1, 0.15) is 0 Å². The molecule has 2 aromatic rings. The minimum atomic E-state index is 0.245. The number of hydrogen-bond donors (Lipinski definition) is 1. The van der Waals surface area contributed by atoms with E-state index in [2.05, 4.69) is 48.0 Å². The Bertz CT molecular complexity index is 465. The highest BCUT2D eigenvalue weighted by molar-refractivity contribution is 5.76. The topological polar surface area (TPSA) is 24.1 Å². The zero-order valence-corrected chi connectivity index (χ0v) is 8.98. The Balaban J connectivity index is 2.46. The second kappa shape index (κ2) is 4.41. The van der Waals surface area contributed by atoms with Gasteiger partial charge >= 0.3 is 0 Å². The molecular weight excluding hydrogens is 186 g/mol. The Kier molecular flexibility index (Phi) is 2.97. The number of fused-ring (bicyclic) bond motifs is 1. The molecule has 0 bridgehead atoms. The molecule has 15 heavy (non-hydrogen) atoms. The fourth-order valence-electron chi connectivity index (χ4n) is 1.84. The van der Waals surface area contributed by atoms with Crippen LogP contribution in [0, 0.1) is 6.92 Å². The Hall–Kier alpha value is -1.41. The van der Waals surface area contributed by atoms with E-state index in [1.165, 1.54) is 16.5 Å². The second-order valence-corrected chi connectivity index (χ2v) is 3.84. The number of aromatic nitrogens is 1. The van der Waals surface area contributed by atoms with Crippen LogP contribution in [0.25, 0.3) is 10.9 Å². The standard InChI is InChI=1S/C13H16NO/c1-11-5-6-13-12(10-11)4-2-7-14(13)8-3-9-15/h2,4-7,10,15H,3,8-9H2,1H3/q+1. The molecule has 0 aliphatic rings. The van der Waals surface area contributed by atoms with Gasteiger partial charge in [0.2, 0.25) is 5.52 Å². The highest BCUT2D eigenvalue weighted by Gasteiger charge is 2.06. The third-order valence-electron chi connectivity index (χ3n) is 2.59. The quantitative estimate of drug-likeness (QED) is 0.754. The van der Waals surface area contributed by atoms with Crippen molar-refractivity contribution in [2.24, 2.45) is 0 Å². The molecule has 2 heteroatoms. The van der Waals surface area contributed by atoms with Crippen LogP contribution in [-0.4, -0.2) is 11.7 Å². The number of aliphatic hydroxyl groups excluding tert-OH is 1. The van der Waals surface area contributed by atoms with E-state index in [4.69, 9.17) is 5.11 Å². The highest BCUT2D eigenvalue weighted by atomic mass is 16.3. The third kappa shape index (κ3) is 2.16. The third-order valence-corrected chi connectivity index (χ3v) is 2.59. The summed E-state index contributed by atoms with van der Waals surface area (Å²) in [5.41, 5.74) is 2.51. The molecule has 1 aromatic carbocycles. The van der Waals surface area contributed by atoms with Gasteiger partial charge in [0.15, 0.2) is 12.7 Å². The molecular formula is C13H16NO+. The van der Waals surface area contributed by atoms with Crippen LogP contribution >= 0.6 is 0 Å². The molecule has 78 valence electrons. The zero-order chi connectivity index (χ0) is 10.7. The highest BCUT2D eigenvalue weighted by Crippen LogP contribution is 2.11. The molecule has 0 spiro atoms. The van der Waals surface area contributed by atoms with Gasteiger partial charge in [0.25, 0.3) is 0 Å². The minimum Gasteiger partial charge on any atom is -0.396 e. The lowest BCUT2D eigenvalue weighted by Crippen LogP contribution is -2.34. The zero-order valence-electron chi connectivity index (χ0n) is 8.98. The molecule has 0 atom stereocenters. The number of rotatable bonds is 3. The van der Waals surface area contributed by atoms with Gasteiger partial charge in [-0.1, -0.05) is 11.6 Å². The molecule has 0 saturated carbocycles. The maximum atomic E-state index is 8.83. The number of pyridine rings is 1. The molecule has 2 nitrogen and oxygen atoms in total. The van der Waals surface area contributed by atoms with Crippen molar-refractivity contribution in [3.63, 3.8) is 0 Å². The van der Waals surface area contributed by atoms with E-state index >= 15 is 0 Å². The summed E-state index contributed by atoms with van der Waals surface area (Å²) in [6.45, 7) is 3.22. The average molecular weight is 202 g/mol. The Labute approximate surface area is 89.8 Å². The number of aryl methyl sites for hydroxylation is 2. The van der Waals surface area contributed by atoms with Gasteiger partial charge < -0.3 is 5.11 Å². The van der Waals surface area contributed by atoms with Crippen molar-refractivity contribution in [2.75, 3.05) is 6.61 Å². The molecule has 0 fully saturated rings. The first-order valence-corrected chi connectivity index (χ1v) is 5.31. The van der Waals surface area contributed by atoms with E-state index in [1.54, 1.807) is 0 Å². The number of nitrogens with zero attached hydrogens (tertiary/aromatic N) is 1. The molecule has 1 N–H and O–H groups in total. The van der Waals surface area contributed by atoms with E-state index in [0.717, 1.165) is 13.0 Å². The van der Waals surface area contributed by atoms with Crippen LogP contribution in [0.5, 0.6) is 0 Å². The van der Waals surface area contributed by atoms with E-state index in [9.17, 15) is 0 Å². The van der Waals surface area contributed by atoms with Gasteiger partial charge in [0.05, 0.1) is 0 Å². The maximum Gasteiger partial charge on any atom is 0.212 e. The molecule has 2 rings (SSSR count). The summed E-state index contributed by atoms with van der Waals surface area (Å²) in [5, 5.41) is 10.1. The van der Waals surface area contributed by atoms with Crippen LogP contribution in [0.3, 0.4) is 0 Å². The largest absolute Gasteiger partial charge is 0.396 e. The first kappa shape index (κ1) is 10.1. The van der Waals surface area contributed by atoms with Crippen molar-refractivity contribution in [2.45, 2.75) is 19.9 Å². The van der Waals surface area contributed by atoms with Crippen molar-refractivity contribution < 1.29 is 9.67 Å². The number of benzene rings is 1. The van der Waals surface area contributed by atoms with E-state index in [1.807, 2.05) is 0 Å². The smallest absolute Gasteiger partial charge is 0.212 e. The fourth-order valence-corrected chi connectivity index (χ4v) is 1.84. The van der Waals surface area contributed by atoms with Crippen LogP contribution in [-0.2, 0) is 6.54 Å². The normalized spacial score (nSPS) is 10.8. The maximum absolute atomic E-state index is 8.83. The summed E-state index contributed by atoms with van der Waals surface area (Å²) in [4.78, 5) is 0. The van der Waals surface area contributed by atoms with Crippen LogP contribution in [0.1, 0.15) is 12.0 Å². The molecule has 0 aliphatic heterocycles. The molecule has 0 saturated heterocycles. The molecule has 1 heterocycles. The van der Waals surface area contributed by atoms with Crippen LogP contribution in [0.2, 0.25) is 0 Å². The molecule has 1 aromatic heterocycles. The van der Waals surface area contributed by atoms with Gasteiger partial charge in [-0.3, -0.25) is 0 Å². The minimum absolute atomic E-state index is 0.245. The first-order valence-electron chi connectivity index (χ1n) is 5.31. The summed E-state index contributed by atoms with van der Waals surface area (Å²) in [6, 6.07) is 10.6. The van der Waals surface area contributed by atoms with Crippen LogP contribution in [0.4, 0.5) is 0 Å². The lowest BCUT2D eigenvalue weighted by Gasteiger charge is -2.01. The monoisotopic (exact) mass is 202 g/mol. The van der Waals surface area contributed by atoms with Gasteiger partial charge in [-0.05, 0) is 19.1 Å². The lowest BCUT2D eigenvalue weighted by atomic mass is 10.1. The summed E-state index contributed by atoms with van der Waals surface area (Å²) in [5.74, 6) is 0. The average Bonchev–Trinajstić information content (AvgIpc) is 2.25. The number of aliphatic hydroxyl groups is 1. The van der Waals surface area contributed by atoms with Crippen molar-refractivity contribution >= 4 is 10.9 Å². The Morgan fingerprint density at radius 3 is 2.93 bits per heavy atom. The van der Waals surface area contributed by atoms with Gasteiger partial charge in [-0.2, -0.15) is 4.57 Å². The Morgan fingerprint density at radius 2 is 2.13 bits per heavy atom. The molecule has 0 unspecified atom stereocenters. The summed E-state index contributed by atoms with van der Waals surface area (Å²) >= 11 is 0. The summed E-state index contributed by atoms with van der Waals surface area (Å²) in [7, 11) is 0. The predicted molar refractivity (Wildman–Crippen MR) is 60.6 cm³/mol. The predicted octanol–water partition coefficient (Wildman–Crippen LogP) is 1.82. The van der Waals surface area contributed by atoms with Crippen LogP contribution < -0.4 is 4.57 Å². The van der Waals surface area contributed by atoms with Crippen molar-refractivity contribution in [3.05, 3.63) is 42.1 Å². The van der Waals surface area contributed by atoms with Crippen molar-refractivity contribution in [3.8, 4) is 0 Å². The van der Waals surface area contributed by atoms with E-state index in [0.29, 0.717) is 0 Å². The SMILES string of the molecule is Cc1ccc2c(ccc[n+]2CCCO)c1. The lowest BCUT2D eigenvalue weighted by molar-refractivity contribution is -0.672. The van der Waals surface area contributed by atoms with Gasteiger partial charge in [-0.25, -0.2) is 0 Å². The number of hydrogen-bond acceptors (Lipinski definition) is 1. The summed E-state index contributed by atoms with van der Waals surface area (Å²) < 4.78 is 2.19. The van der Waals surface area contributed by atoms with Crippen LogP contribution in [0.15, 0.2) is 36.5 Å². The van der Waals surface area contributed by atoms with E-state index in [-0.39, 0.29) is 6.61 Å². The summed E-state index contributed by atoms with van der Waals surface area (Å²) in [6.07, 6.45) is 2.87. The fraction of sp³-hybridized carbons (Fsp3) is 0.308.